The van der Waals surface area contributed by atoms with Crippen LogP contribution in [0.5, 0.6) is 0 Å². The van der Waals surface area contributed by atoms with E-state index in [4.69, 9.17) is 16.6 Å². The molecule has 0 spiro atoms. The number of piperazine rings is 1. The highest BCUT2D eigenvalue weighted by atomic mass is 32.1. The predicted octanol–water partition coefficient (Wildman–Crippen LogP) is 2.61. The third-order valence-corrected chi connectivity index (χ3v) is 4.41. The van der Waals surface area contributed by atoms with Crippen molar-refractivity contribution in [2.45, 2.75) is 13.1 Å². The summed E-state index contributed by atoms with van der Waals surface area (Å²) in [6.07, 6.45) is 1.65. The molecule has 1 N–H and O–H groups in total. The van der Waals surface area contributed by atoms with Crippen molar-refractivity contribution in [3.05, 3.63) is 59.8 Å². The Morgan fingerprint density at radius 3 is 2.61 bits per heavy atom. The monoisotopic (exact) mass is 333 g/mol. The average molecular weight is 333 g/mol. The van der Waals surface area contributed by atoms with E-state index < -0.39 is 0 Å². The van der Waals surface area contributed by atoms with Crippen molar-refractivity contribution < 1.29 is 8.81 Å². The van der Waals surface area contributed by atoms with Crippen molar-refractivity contribution in [3.8, 4) is 0 Å². The second kappa shape index (κ2) is 7.57. The first kappa shape index (κ1) is 16.0. The summed E-state index contributed by atoms with van der Waals surface area (Å²) in [5.41, 5.74) is 0.750. The van der Waals surface area contributed by atoms with Crippen molar-refractivity contribution in [2.75, 3.05) is 26.2 Å². The first-order valence-corrected chi connectivity index (χ1v) is 8.14. The molecule has 3 rings (SSSR count). The van der Waals surface area contributed by atoms with Crippen molar-refractivity contribution >= 4 is 17.3 Å². The van der Waals surface area contributed by atoms with Crippen LogP contribution in [0.15, 0.2) is 47.1 Å². The lowest BCUT2D eigenvalue weighted by Crippen LogP contribution is -2.51. The first-order chi connectivity index (χ1) is 11.2. The Labute approximate surface area is 140 Å². The molecule has 0 bridgehead atoms. The van der Waals surface area contributed by atoms with Gasteiger partial charge in [0.2, 0.25) is 0 Å². The lowest BCUT2D eigenvalue weighted by atomic mass is 10.2. The molecule has 0 unspecified atom stereocenters. The average Bonchev–Trinajstić information content (AvgIpc) is 3.09. The van der Waals surface area contributed by atoms with Gasteiger partial charge >= 0.3 is 0 Å². The van der Waals surface area contributed by atoms with E-state index in [9.17, 15) is 4.39 Å². The van der Waals surface area contributed by atoms with E-state index in [-0.39, 0.29) is 5.82 Å². The number of thiocarbonyl (C=S) groups is 1. The van der Waals surface area contributed by atoms with E-state index in [1.807, 2.05) is 24.3 Å². The van der Waals surface area contributed by atoms with Gasteiger partial charge in [0.05, 0.1) is 12.8 Å². The molecule has 23 heavy (non-hydrogen) atoms. The predicted molar refractivity (Wildman–Crippen MR) is 91.4 cm³/mol. The minimum Gasteiger partial charge on any atom is -0.467 e. The zero-order chi connectivity index (χ0) is 16.1. The van der Waals surface area contributed by atoms with Crippen LogP contribution in [0.2, 0.25) is 0 Å². The van der Waals surface area contributed by atoms with E-state index in [1.165, 1.54) is 6.07 Å². The second-order valence-electron chi connectivity index (χ2n) is 5.59. The molecule has 4 nitrogen and oxygen atoms in total. The number of benzene rings is 1. The quantitative estimate of drug-likeness (QED) is 0.870. The molecule has 1 aromatic carbocycles. The van der Waals surface area contributed by atoms with Crippen LogP contribution in [0.25, 0.3) is 0 Å². The SMILES string of the molecule is Fc1ccccc1CN1CCN(C(=S)NCc2ccco2)CC1. The van der Waals surface area contributed by atoms with Gasteiger partial charge in [0.1, 0.15) is 11.6 Å². The highest BCUT2D eigenvalue weighted by molar-refractivity contribution is 7.80. The molecule has 1 fully saturated rings. The van der Waals surface area contributed by atoms with Crippen molar-refractivity contribution in [1.29, 1.82) is 0 Å². The third kappa shape index (κ3) is 4.30. The summed E-state index contributed by atoms with van der Waals surface area (Å²) in [5, 5.41) is 3.96. The van der Waals surface area contributed by atoms with Gasteiger partial charge in [-0.1, -0.05) is 18.2 Å². The highest BCUT2D eigenvalue weighted by Gasteiger charge is 2.19. The molecule has 2 heterocycles. The topological polar surface area (TPSA) is 31.6 Å². The Morgan fingerprint density at radius 1 is 1.13 bits per heavy atom. The molecular formula is C17H20FN3OS. The zero-order valence-corrected chi connectivity index (χ0v) is 13.7. The Bertz CT molecular complexity index is 639. The minimum atomic E-state index is -0.134. The molecule has 1 aliphatic heterocycles. The summed E-state index contributed by atoms with van der Waals surface area (Å²) in [7, 11) is 0. The third-order valence-electron chi connectivity index (χ3n) is 4.01. The van der Waals surface area contributed by atoms with Crippen LogP contribution in [-0.4, -0.2) is 41.1 Å². The van der Waals surface area contributed by atoms with Gasteiger partial charge in [0.15, 0.2) is 5.11 Å². The molecule has 2 aromatic rings. The van der Waals surface area contributed by atoms with Crippen LogP contribution < -0.4 is 5.32 Å². The van der Waals surface area contributed by atoms with Crippen molar-refractivity contribution in [2.24, 2.45) is 0 Å². The van der Waals surface area contributed by atoms with Gasteiger partial charge in [-0.3, -0.25) is 4.90 Å². The van der Waals surface area contributed by atoms with Crippen LogP contribution >= 0.6 is 12.2 Å². The van der Waals surface area contributed by atoms with Crippen molar-refractivity contribution in [3.63, 3.8) is 0 Å². The number of hydrogen-bond acceptors (Lipinski definition) is 3. The molecular weight excluding hydrogens is 313 g/mol. The summed E-state index contributed by atoms with van der Waals surface area (Å²) < 4.78 is 19.0. The van der Waals surface area contributed by atoms with Gasteiger partial charge in [0, 0.05) is 38.3 Å². The maximum Gasteiger partial charge on any atom is 0.169 e. The van der Waals surface area contributed by atoms with Gasteiger partial charge in [0.25, 0.3) is 0 Å². The van der Waals surface area contributed by atoms with Crippen LogP contribution in [0.3, 0.4) is 0 Å². The summed E-state index contributed by atoms with van der Waals surface area (Å²) in [6, 6.07) is 10.7. The van der Waals surface area contributed by atoms with E-state index in [2.05, 4.69) is 15.1 Å². The largest absolute Gasteiger partial charge is 0.467 e. The fourth-order valence-electron chi connectivity index (χ4n) is 2.66. The Hall–Kier alpha value is -1.92. The smallest absolute Gasteiger partial charge is 0.169 e. The van der Waals surface area contributed by atoms with Crippen LogP contribution in [-0.2, 0) is 13.1 Å². The Kier molecular flexibility index (Phi) is 5.25. The van der Waals surface area contributed by atoms with Gasteiger partial charge in [-0.25, -0.2) is 4.39 Å². The van der Waals surface area contributed by atoms with E-state index in [1.54, 1.807) is 12.3 Å². The van der Waals surface area contributed by atoms with Gasteiger partial charge in [-0.2, -0.15) is 0 Å². The number of rotatable bonds is 4. The summed E-state index contributed by atoms with van der Waals surface area (Å²) >= 11 is 5.43. The maximum absolute atomic E-state index is 13.7. The minimum absolute atomic E-state index is 0.134. The van der Waals surface area contributed by atoms with Crippen LogP contribution in [0.1, 0.15) is 11.3 Å². The highest BCUT2D eigenvalue weighted by Crippen LogP contribution is 2.12. The molecule has 122 valence electrons. The standard InChI is InChI=1S/C17H20FN3OS/c18-16-6-2-1-4-14(16)13-20-7-9-21(10-8-20)17(23)19-12-15-5-3-11-22-15/h1-6,11H,7-10,12-13H2,(H,19,23). The fourth-order valence-corrected chi connectivity index (χ4v) is 2.92. The number of nitrogens with one attached hydrogen (secondary N) is 1. The lowest BCUT2D eigenvalue weighted by Gasteiger charge is -2.36. The van der Waals surface area contributed by atoms with Gasteiger partial charge in [-0.15, -0.1) is 0 Å². The second-order valence-corrected chi connectivity index (χ2v) is 5.98. The van der Waals surface area contributed by atoms with Crippen LogP contribution in [0, 0.1) is 5.82 Å². The molecule has 1 aliphatic rings. The number of hydrogen-bond donors (Lipinski definition) is 1. The van der Waals surface area contributed by atoms with Gasteiger partial charge < -0.3 is 14.6 Å². The first-order valence-electron chi connectivity index (χ1n) is 7.73. The molecule has 0 amide bonds. The summed E-state index contributed by atoms with van der Waals surface area (Å²) in [4.78, 5) is 4.40. The van der Waals surface area contributed by atoms with E-state index in [0.717, 1.165) is 42.6 Å². The lowest BCUT2D eigenvalue weighted by molar-refractivity contribution is 0.172. The van der Waals surface area contributed by atoms with Crippen molar-refractivity contribution in [1.82, 2.24) is 15.1 Å². The van der Waals surface area contributed by atoms with Crippen LogP contribution in [0.4, 0.5) is 4.39 Å². The Balaban J connectivity index is 1.44. The maximum atomic E-state index is 13.7. The molecule has 1 saturated heterocycles. The van der Waals surface area contributed by atoms with Gasteiger partial charge in [-0.05, 0) is 30.4 Å². The zero-order valence-electron chi connectivity index (χ0n) is 12.9. The fraction of sp³-hybridized carbons (Fsp3) is 0.353. The summed E-state index contributed by atoms with van der Waals surface area (Å²) in [6.45, 7) is 4.68. The molecule has 1 aromatic heterocycles. The molecule has 0 radical (unpaired) electrons. The number of nitrogens with zero attached hydrogens (tertiary/aromatic N) is 2. The summed E-state index contributed by atoms with van der Waals surface area (Å²) in [5.74, 6) is 0.733. The van der Waals surface area contributed by atoms with E-state index >= 15 is 0 Å². The molecule has 0 atom stereocenters. The molecule has 0 aliphatic carbocycles. The Morgan fingerprint density at radius 2 is 1.91 bits per heavy atom. The van der Waals surface area contributed by atoms with E-state index in [0.29, 0.717) is 13.1 Å². The molecule has 0 saturated carbocycles. The normalized spacial score (nSPS) is 15.6. The molecule has 6 heteroatoms. The number of halogens is 1. The number of furan rings is 1.